The van der Waals surface area contributed by atoms with Gasteiger partial charge in [0.2, 0.25) is 0 Å². The van der Waals surface area contributed by atoms with Crippen LogP contribution in [0.15, 0.2) is 24.4 Å². The van der Waals surface area contributed by atoms with E-state index in [2.05, 4.69) is 21.5 Å². The molecule has 0 aliphatic carbocycles. The standard InChI is InChI=1S/C11H13N4/c12-5-2-7-14-11-9-3-1-6-13-10(9)4-8-15-11/h1,3-4,6H,2,5,7,12H2,(H,14,15). The van der Waals surface area contributed by atoms with Crippen LogP contribution in [-0.4, -0.2) is 23.1 Å². The van der Waals surface area contributed by atoms with E-state index in [0.717, 1.165) is 29.7 Å². The van der Waals surface area contributed by atoms with Gasteiger partial charge in [-0.2, -0.15) is 0 Å². The van der Waals surface area contributed by atoms with E-state index < -0.39 is 0 Å². The Bertz CT molecular complexity index is 436. The maximum Gasteiger partial charge on any atom is 0.136 e. The summed E-state index contributed by atoms with van der Waals surface area (Å²) >= 11 is 0. The zero-order valence-electron chi connectivity index (χ0n) is 8.40. The van der Waals surface area contributed by atoms with Crippen LogP contribution >= 0.6 is 0 Å². The summed E-state index contributed by atoms with van der Waals surface area (Å²) in [4.78, 5) is 8.40. The first-order valence-corrected chi connectivity index (χ1v) is 4.97. The smallest absolute Gasteiger partial charge is 0.136 e. The number of pyridine rings is 2. The van der Waals surface area contributed by atoms with E-state index >= 15 is 0 Å². The summed E-state index contributed by atoms with van der Waals surface area (Å²) in [6.07, 6.45) is 5.52. The molecule has 0 aromatic carbocycles. The Labute approximate surface area is 88.5 Å². The number of fused-ring (bicyclic) bond motifs is 1. The van der Waals surface area contributed by atoms with Gasteiger partial charge in [-0.25, -0.2) is 4.98 Å². The molecule has 0 aliphatic heterocycles. The zero-order chi connectivity index (χ0) is 10.5. The van der Waals surface area contributed by atoms with Crippen molar-refractivity contribution in [2.24, 2.45) is 5.73 Å². The Balaban J connectivity index is 2.26. The molecule has 0 saturated carbocycles. The van der Waals surface area contributed by atoms with Crippen molar-refractivity contribution >= 4 is 16.7 Å². The molecule has 0 unspecified atom stereocenters. The Morgan fingerprint density at radius 2 is 2.40 bits per heavy atom. The van der Waals surface area contributed by atoms with Crippen LogP contribution in [0.25, 0.3) is 10.9 Å². The third-order valence-corrected chi connectivity index (χ3v) is 2.14. The number of nitrogens with one attached hydrogen (secondary N) is 1. The maximum atomic E-state index is 5.42. The van der Waals surface area contributed by atoms with Crippen molar-refractivity contribution in [3.8, 4) is 0 Å². The quantitative estimate of drug-likeness (QED) is 0.729. The molecule has 0 saturated heterocycles. The van der Waals surface area contributed by atoms with E-state index in [4.69, 9.17) is 5.73 Å². The molecule has 0 aliphatic rings. The van der Waals surface area contributed by atoms with Gasteiger partial charge in [0, 0.05) is 18.1 Å². The van der Waals surface area contributed by atoms with E-state index in [1.165, 1.54) is 0 Å². The molecule has 2 heterocycles. The van der Waals surface area contributed by atoms with Gasteiger partial charge in [-0.15, -0.1) is 0 Å². The van der Waals surface area contributed by atoms with Gasteiger partial charge in [0.05, 0.1) is 11.7 Å². The highest BCUT2D eigenvalue weighted by Gasteiger charge is 2.00. The van der Waals surface area contributed by atoms with Crippen molar-refractivity contribution in [1.82, 2.24) is 9.97 Å². The molecular weight excluding hydrogens is 188 g/mol. The average molecular weight is 201 g/mol. The minimum Gasteiger partial charge on any atom is -0.369 e. The summed E-state index contributed by atoms with van der Waals surface area (Å²) in [5.41, 5.74) is 6.33. The molecule has 0 spiro atoms. The highest BCUT2D eigenvalue weighted by Crippen LogP contribution is 2.17. The molecule has 4 nitrogen and oxygen atoms in total. The number of aromatic nitrogens is 2. The van der Waals surface area contributed by atoms with Gasteiger partial charge in [-0.1, -0.05) is 0 Å². The molecule has 1 radical (unpaired) electrons. The minimum atomic E-state index is 0.680. The van der Waals surface area contributed by atoms with Crippen LogP contribution < -0.4 is 11.1 Å². The average Bonchev–Trinajstić information content (AvgIpc) is 2.30. The number of anilines is 1. The summed E-state index contributed by atoms with van der Waals surface area (Å²) in [5, 5.41) is 4.25. The van der Waals surface area contributed by atoms with Crippen molar-refractivity contribution in [3.05, 3.63) is 30.6 Å². The molecular formula is C11H13N4. The van der Waals surface area contributed by atoms with Crippen LogP contribution in [0.2, 0.25) is 0 Å². The van der Waals surface area contributed by atoms with Gasteiger partial charge in [0.25, 0.3) is 0 Å². The van der Waals surface area contributed by atoms with Gasteiger partial charge >= 0.3 is 0 Å². The maximum absolute atomic E-state index is 5.42. The molecule has 0 amide bonds. The minimum absolute atomic E-state index is 0.680. The Hall–Kier alpha value is -1.68. The van der Waals surface area contributed by atoms with Gasteiger partial charge < -0.3 is 11.1 Å². The molecule has 2 aromatic rings. The van der Waals surface area contributed by atoms with Crippen molar-refractivity contribution in [2.75, 3.05) is 18.4 Å². The molecule has 0 fully saturated rings. The fourth-order valence-electron chi connectivity index (χ4n) is 1.39. The highest BCUT2D eigenvalue weighted by atomic mass is 15.0. The lowest BCUT2D eigenvalue weighted by atomic mass is 10.2. The van der Waals surface area contributed by atoms with E-state index in [1.807, 2.05) is 12.1 Å². The van der Waals surface area contributed by atoms with Crippen LogP contribution in [-0.2, 0) is 0 Å². The monoisotopic (exact) mass is 201 g/mol. The Morgan fingerprint density at radius 1 is 1.47 bits per heavy atom. The first-order chi connectivity index (χ1) is 7.42. The lowest BCUT2D eigenvalue weighted by molar-refractivity contribution is 0.871. The normalized spacial score (nSPS) is 10.5. The number of nitrogens with zero attached hydrogens (tertiary/aromatic N) is 2. The number of rotatable bonds is 4. The fourth-order valence-corrected chi connectivity index (χ4v) is 1.39. The third kappa shape index (κ3) is 2.22. The highest BCUT2D eigenvalue weighted by molar-refractivity contribution is 5.88. The number of nitrogens with two attached hydrogens (primary N) is 1. The van der Waals surface area contributed by atoms with Crippen LogP contribution in [0.5, 0.6) is 0 Å². The topological polar surface area (TPSA) is 63.8 Å². The number of hydrogen-bond acceptors (Lipinski definition) is 4. The Kier molecular flexibility index (Phi) is 3.09. The van der Waals surface area contributed by atoms with Crippen molar-refractivity contribution in [2.45, 2.75) is 6.42 Å². The third-order valence-electron chi connectivity index (χ3n) is 2.14. The summed E-state index contributed by atoms with van der Waals surface area (Å²) in [6.45, 7) is 1.51. The van der Waals surface area contributed by atoms with Crippen LogP contribution in [0, 0.1) is 6.20 Å². The molecule has 15 heavy (non-hydrogen) atoms. The lowest BCUT2D eigenvalue weighted by Gasteiger charge is -2.06. The summed E-state index contributed by atoms with van der Waals surface area (Å²) in [6, 6.07) is 5.68. The molecule has 2 rings (SSSR count). The largest absolute Gasteiger partial charge is 0.369 e. The molecule has 3 N–H and O–H groups in total. The first-order valence-electron chi connectivity index (χ1n) is 4.97. The van der Waals surface area contributed by atoms with E-state index in [0.29, 0.717) is 6.54 Å². The predicted molar refractivity (Wildman–Crippen MR) is 60.5 cm³/mol. The zero-order valence-corrected chi connectivity index (χ0v) is 8.40. The van der Waals surface area contributed by atoms with Gasteiger partial charge in [-0.3, -0.25) is 4.98 Å². The number of hydrogen-bond donors (Lipinski definition) is 2. The fraction of sp³-hybridized carbons (Fsp3) is 0.273. The van der Waals surface area contributed by atoms with Crippen molar-refractivity contribution < 1.29 is 0 Å². The molecule has 2 aromatic heterocycles. The second-order valence-electron chi connectivity index (χ2n) is 3.24. The van der Waals surface area contributed by atoms with Crippen LogP contribution in [0.1, 0.15) is 6.42 Å². The SMILES string of the molecule is NCCCNc1n[c]cc2ncccc12. The van der Waals surface area contributed by atoms with E-state index in [9.17, 15) is 0 Å². The molecule has 0 atom stereocenters. The summed E-state index contributed by atoms with van der Waals surface area (Å²) in [7, 11) is 0. The lowest BCUT2D eigenvalue weighted by Crippen LogP contribution is -2.09. The summed E-state index contributed by atoms with van der Waals surface area (Å²) in [5.74, 6) is 0.828. The van der Waals surface area contributed by atoms with Gasteiger partial charge in [0.15, 0.2) is 0 Å². The van der Waals surface area contributed by atoms with E-state index in [-0.39, 0.29) is 0 Å². The first kappa shape index (κ1) is 9.86. The molecule has 4 heteroatoms. The van der Waals surface area contributed by atoms with Gasteiger partial charge in [0.1, 0.15) is 5.82 Å². The second kappa shape index (κ2) is 4.70. The van der Waals surface area contributed by atoms with Crippen LogP contribution in [0.3, 0.4) is 0 Å². The van der Waals surface area contributed by atoms with E-state index in [1.54, 1.807) is 12.3 Å². The second-order valence-corrected chi connectivity index (χ2v) is 3.24. The van der Waals surface area contributed by atoms with Crippen molar-refractivity contribution in [3.63, 3.8) is 0 Å². The van der Waals surface area contributed by atoms with Gasteiger partial charge in [-0.05, 0) is 31.2 Å². The van der Waals surface area contributed by atoms with Crippen LogP contribution in [0.4, 0.5) is 5.82 Å². The summed E-state index contributed by atoms with van der Waals surface area (Å²) < 4.78 is 0. The van der Waals surface area contributed by atoms with Crippen molar-refractivity contribution in [1.29, 1.82) is 0 Å². The Morgan fingerprint density at radius 3 is 3.27 bits per heavy atom. The predicted octanol–water partition coefficient (Wildman–Crippen LogP) is 1.19. The molecule has 0 bridgehead atoms. The molecule has 77 valence electrons.